The van der Waals surface area contributed by atoms with E-state index >= 15 is 0 Å². The molecule has 3 aromatic rings. The van der Waals surface area contributed by atoms with E-state index < -0.39 is 47.3 Å². The van der Waals surface area contributed by atoms with Gasteiger partial charge in [-0.25, -0.2) is 19.7 Å². The van der Waals surface area contributed by atoms with Crippen molar-refractivity contribution in [2.75, 3.05) is 38.4 Å². The number of likely N-dealkylation sites (tertiary alicyclic amines) is 1. The number of hydrogen-bond donors (Lipinski definition) is 4. The number of carbonyl (C=O) groups is 4. The van der Waals surface area contributed by atoms with Gasteiger partial charge in [0.25, 0.3) is 5.91 Å². The van der Waals surface area contributed by atoms with Gasteiger partial charge in [-0.05, 0) is 42.9 Å². The first kappa shape index (κ1) is 37.2. The Morgan fingerprint density at radius 1 is 1.08 bits per heavy atom. The molecule has 1 aromatic carbocycles. The van der Waals surface area contributed by atoms with Crippen LogP contribution < -0.4 is 20.5 Å². The second-order valence-corrected chi connectivity index (χ2v) is 13.6. The number of carbonyl (C=O) groups excluding carboxylic acids is 3. The quantitative estimate of drug-likeness (QED) is 0.134. The number of benzene rings is 1. The second-order valence-electron chi connectivity index (χ2n) is 12.8. The molecule has 1 unspecified atom stereocenters. The first-order valence-electron chi connectivity index (χ1n) is 15.8. The highest BCUT2D eigenvalue weighted by Crippen LogP contribution is 2.29. The topological polar surface area (TPSA) is 196 Å². The predicted octanol–water partition coefficient (Wildman–Crippen LogP) is 2.44. The summed E-state index contributed by atoms with van der Waals surface area (Å²) in [6, 6.07) is 5.73. The van der Waals surface area contributed by atoms with Crippen LogP contribution in [0.5, 0.6) is 5.88 Å². The van der Waals surface area contributed by atoms with Crippen molar-refractivity contribution in [2.45, 2.75) is 65.1 Å². The van der Waals surface area contributed by atoms with E-state index in [0.29, 0.717) is 19.4 Å². The van der Waals surface area contributed by atoms with Crippen LogP contribution in [0.1, 0.15) is 56.2 Å². The SMILES string of the molecule is Cc1ncsc1-c1ccc(N(C)NC(=O)[C@@H]2C[C@@H](O)CN2C(=O)C(NC(=O)COCCCCOc2cnc(C(=O)O)cn2)C(C)(C)C)cc1. The number of carboxylic acids is 1. The lowest BCUT2D eigenvalue weighted by atomic mass is 9.85. The highest BCUT2D eigenvalue weighted by atomic mass is 32.1. The molecule has 0 radical (unpaired) electrons. The number of thiazole rings is 1. The maximum atomic E-state index is 13.8. The van der Waals surface area contributed by atoms with E-state index in [0.717, 1.165) is 28.0 Å². The first-order chi connectivity index (χ1) is 23.2. The number of aromatic nitrogens is 3. The Kier molecular flexibility index (Phi) is 12.6. The van der Waals surface area contributed by atoms with Crippen molar-refractivity contribution in [3.8, 4) is 16.3 Å². The molecule has 0 saturated carbocycles. The standard InChI is InChI=1S/C33H43N7O8S/c1-20-28(49-19-36-20)21-8-10-22(11-9-21)39(5)38-30(43)25-14-23(41)17-40(25)31(44)29(33(2,3)4)37-26(42)18-47-12-6-7-13-48-27-16-34-24(15-35-27)32(45)46/h8-11,15-16,19,23,25,29,41H,6-7,12-14,17-18H2,1-5H3,(H,37,42)(H,38,43)(H,45,46)/t23-,25+,29?/m1/s1. The Labute approximate surface area is 288 Å². The number of ether oxygens (including phenoxy) is 2. The van der Waals surface area contributed by atoms with Crippen LogP contribution in [0.2, 0.25) is 0 Å². The molecule has 0 aliphatic carbocycles. The molecule has 2 aromatic heterocycles. The number of aliphatic hydroxyl groups excluding tert-OH is 1. The lowest BCUT2D eigenvalue weighted by Gasteiger charge is -2.35. The minimum atomic E-state index is -1.18. The van der Waals surface area contributed by atoms with Crippen LogP contribution >= 0.6 is 11.3 Å². The van der Waals surface area contributed by atoms with Gasteiger partial charge in [-0.1, -0.05) is 32.9 Å². The van der Waals surface area contributed by atoms with E-state index in [2.05, 4.69) is 25.7 Å². The molecular weight excluding hydrogens is 654 g/mol. The largest absolute Gasteiger partial charge is 0.477 e. The summed E-state index contributed by atoms with van der Waals surface area (Å²) in [4.78, 5) is 65.3. The molecule has 3 heterocycles. The van der Waals surface area contributed by atoms with Crippen LogP contribution in [-0.2, 0) is 19.1 Å². The molecule has 4 N–H and O–H groups in total. The van der Waals surface area contributed by atoms with Crippen LogP contribution in [-0.4, -0.2) is 105 Å². The van der Waals surface area contributed by atoms with Gasteiger partial charge in [-0.3, -0.25) is 24.8 Å². The van der Waals surface area contributed by atoms with E-state index in [-0.39, 0.29) is 37.8 Å². The van der Waals surface area contributed by atoms with Crippen molar-refractivity contribution in [1.82, 2.24) is 30.6 Å². The lowest BCUT2D eigenvalue weighted by molar-refractivity contribution is -0.144. The van der Waals surface area contributed by atoms with Gasteiger partial charge >= 0.3 is 5.97 Å². The van der Waals surface area contributed by atoms with Crippen molar-refractivity contribution in [3.05, 3.63) is 53.6 Å². The Hall–Kier alpha value is -4.67. The van der Waals surface area contributed by atoms with E-state index in [9.17, 15) is 24.3 Å². The smallest absolute Gasteiger partial charge is 0.356 e. The molecule has 4 rings (SSSR count). The number of aromatic carboxylic acids is 1. The van der Waals surface area contributed by atoms with Crippen molar-refractivity contribution in [1.29, 1.82) is 0 Å². The molecule has 49 heavy (non-hydrogen) atoms. The molecular formula is C33H43N7O8S. The van der Waals surface area contributed by atoms with Crippen molar-refractivity contribution in [2.24, 2.45) is 5.41 Å². The fraction of sp³-hybridized carbons (Fsp3) is 0.485. The molecule has 1 fully saturated rings. The Balaban J connectivity index is 1.26. The number of nitrogens with one attached hydrogen (secondary N) is 2. The second kappa shape index (κ2) is 16.6. The number of hydrazine groups is 1. The molecule has 16 heteroatoms. The number of nitrogens with zero attached hydrogens (tertiary/aromatic N) is 5. The number of aryl methyl sites for hydroxylation is 1. The number of amides is 3. The summed E-state index contributed by atoms with van der Waals surface area (Å²) in [7, 11) is 1.70. The van der Waals surface area contributed by atoms with Crippen molar-refractivity contribution in [3.63, 3.8) is 0 Å². The predicted molar refractivity (Wildman–Crippen MR) is 181 cm³/mol. The summed E-state index contributed by atoms with van der Waals surface area (Å²) in [6.07, 6.45) is 2.67. The third-order valence-electron chi connectivity index (χ3n) is 7.84. The normalized spacial score (nSPS) is 16.6. The van der Waals surface area contributed by atoms with E-state index in [1.165, 1.54) is 11.1 Å². The zero-order valence-corrected chi connectivity index (χ0v) is 29.0. The van der Waals surface area contributed by atoms with Gasteiger partial charge in [-0.2, -0.15) is 0 Å². The molecule has 1 saturated heterocycles. The zero-order chi connectivity index (χ0) is 35.7. The molecule has 0 bridgehead atoms. The number of aliphatic hydroxyl groups is 1. The summed E-state index contributed by atoms with van der Waals surface area (Å²) in [6.45, 7) is 7.61. The molecule has 3 atom stereocenters. The van der Waals surface area contributed by atoms with E-state index in [1.807, 2.05) is 52.0 Å². The van der Waals surface area contributed by atoms with Gasteiger partial charge < -0.3 is 29.9 Å². The number of carboxylic acid groups (broad SMARTS) is 1. The zero-order valence-electron chi connectivity index (χ0n) is 28.2. The Morgan fingerprint density at radius 2 is 1.80 bits per heavy atom. The minimum absolute atomic E-state index is 0.0418. The molecule has 1 aliphatic rings. The van der Waals surface area contributed by atoms with Crippen LogP contribution in [0, 0.1) is 12.3 Å². The maximum absolute atomic E-state index is 13.8. The van der Waals surface area contributed by atoms with Crippen LogP contribution in [0.25, 0.3) is 10.4 Å². The van der Waals surface area contributed by atoms with E-state index in [1.54, 1.807) is 28.9 Å². The summed E-state index contributed by atoms with van der Waals surface area (Å²) in [5.74, 6) is -2.39. The van der Waals surface area contributed by atoms with Gasteiger partial charge in [0.05, 0.1) is 46.9 Å². The van der Waals surface area contributed by atoms with Crippen molar-refractivity contribution < 1.29 is 38.9 Å². The lowest BCUT2D eigenvalue weighted by Crippen LogP contribution is -2.59. The average molecular weight is 698 g/mol. The van der Waals surface area contributed by atoms with Gasteiger partial charge in [0, 0.05) is 26.6 Å². The first-order valence-corrected chi connectivity index (χ1v) is 16.7. The highest BCUT2D eigenvalue weighted by molar-refractivity contribution is 7.13. The highest BCUT2D eigenvalue weighted by Gasteiger charge is 2.44. The number of unbranched alkanes of at least 4 members (excludes halogenated alkanes) is 1. The number of hydrogen-bond acceptors (Lipinski definition) is 12. The summed E-state index contributed by atoms with van der Waals surface area (Å²) >= 11 is 1.55. The summed E-state index contributed by atoms with van der Waals surface area (Å²) < 4.78 is 10.9. The van der Waals surface area contributed by atoms with Gasteiger partial charge in [-0.15, -0.1) is 11.3 Å². The van der Waals surface area contributed by atoms with Gasteiger partial charge in [0.2, 0.25) is 17.7 Å². The summed E-state index contributed by atoms with van der Waals surface area (Å²) in [5.41, 5.74) is 6.42. The Bertz CT molecular complexity index is 1590. The maximum Gasteiger partial charge on any atom is 0.356 e. The number of anilines is 1. The minimum Gasteiger partial charge on any atom is -0.477 e. The molecule has 0 spiro atoms. The van der Waals surface area contributed by atoms with Gasteiger partial charge in [0.1, 0.15) is 18.7 Å². The monoisotopic (exact) mass is 697 g/mol. The third-order valence-corrected chi connectivity index (χ3v) is 8.81. The number of β-amino-alcohol motifs (C(OH)–C–C–N with tert-alkyl or cyclic N) is 1. The molecule has 1 aliphatic heterocycles. The van der Waals surface area contributed by atoms with Crippen molar-refractivity contribution >= 4 is 40.7 Å². The Morgan fingerprint density at radius 3 is 2.41 bits per heavy atom. The molecule has 3 amide bonds. The molecule has 264 valence electrons. The molecule has 15 nitrogen and oxygen atoms in total. The van der Waals surface area contributed by atoms with E-state index in [4.69, 9.17) is 14.6 Å². The average Bonchev–Trinajstić information content (AvgIpc) is 3.67. The van der Waals surface area contributed by atoms with Crippen LogP contribution in [0.4, 0.5) is 5.69 Å². The number of rotatable bonds is 15. The van der Waals surface area contributed by atoms with Gasteiger partial charge in [0.15, 0.2) is 5.69 Å². The van der Waals surface area contributed by atoms with Crippen LogP contribution in [0.3, 0.4) is 0 Å². The summed E-state index contributed by atoms with van der Waals surface area (Å²) in [5, 5.41) is 23.7. The fourth-order valence-electron chi connectivity index (χ4n) is 5.19. The third kappa shape index (κ3) is 10.2. The fourth-order valence-corrected chi connectivity index (χ4v) is 6.00. The van der Waals surface area contributed by atoms with Crippen LogP contribution in [0.15, 0.2) is 42.2 Å².